The average Bonchev–Trinajstić information content (AvgIpc) is 2.74. The van der Waals surface area contributed by atoms with Crippen molar-refractivity contribution >= 4 is 6.03 Å². The fraction of sp³-hybridized carbons (Fsp3) is 0.400. The van der Waals surface area contributed by atoms with Crippen LogP contribution in [0.5, 0.6) is 0 Å². The summed E-state index contributed by atoms with van der Waals surface area (Å²) >= 11 is 0. The number of hydrogen-bond acceptors (Lipinski definition) is 2. The van der Waals surface area contributed by atoms with E-state index in [4.69, 9.17) is 5.11 Å². The van der Waals surface area contributed by atoms with Gasteiger partial charge in [-0.1, -0.05) is 17.9 Å². The van der Waals surface area contributed by atoms with Crippen LogP contribution < -0.4 is 0 Å². The number of nitrogens with zero attached hydrogens (tertiary/aromatic N) is 2. The zero-order chi connectivity index (χ0) is 14.5. The Morgan fingerprint density at radius 2 is 2.20 bits per heavy atom. The van der Waals surface area contributed by atoms with Crippen molar-refractivity contribution in [3.8, 4) is 11.8 Å². The largest absolute Gasteiger partial charge is 0.395 e. The minimum Gasteiger partial charge on any atom is -0.395 e. The number of likely N-dealkylation sites (N-methyl/N-ethyl adjacent to an activating group) is 1. The summed E-state index contributed by atoms with van der Waals surface area (Å²) in [7, 11) is 1.76. The van der Waals surface area contributed by atoms with Crippen LogP contribution in [0.3, 0.4) is 0 Å². The minimum absolute atomic E-state index is 0.0208. The molecule has 2 amide bonds. The third-order valence-electron chi connectivity index (χ3n) is 3.20. The third-order valence-corrected chi connectivity index (χ3v) is 3.20. The molecule has 0 atom stereocenters. The van der Waals surface area contributed by atoms with E-state index >= 15 is 0 Å². The van der Waals surface area contributed by atoms with Crippen LogP contribution in [-0.4, -0.2) is 47.7 Å². The first-order valence-electron chi connectivity index (χ1n) is 6.50. The van der Waals surface area contributed by atoms with Crippen molar-refractivity contribution in [2.24, 2.45) is 0 Å². The highest BCUT2D eigenvalue weighted by Gasteiger charge is 2.25. The molecule has 106 valence electrons. The van der Waals surface area contributed by atoms with Crippen molar-refractivity contribution in [2.75, 3.05) is 26.7 Å². The highest BCUT2D eigenvalue weighted by Crippen LogP contribution is 2.16. The molecule has 1 aromatic rings. The second kappa shape index (κ2) is 6.40. The molecule has 1 aromatic carbocycles. The van der Waals surface area contributed by atoms with Crippen LogP contribution in [0.2, 0.25) is 0 Å². The Bertz CT molecular complexity index is 563. The Morgan fingerprint density at radius 3 is 2.85 bits per heavy atom. The number of benzene rings is 1. The lowest BCUT2D eigenvalue weighted by atomic mass is 10.1. The maximum atomic E-state index is 13.3. The summed E-state index contributed by atoms with van der Waals surface area (Å²) in [4.78, 5) is 15.2. The molecule has 1 saturated heterocycles. The standard InChI is InChI=1S/C15H17FN2O2/c1-17-7-8-18(15(17)20)11-13-5-6-14(16)10-12(13)4-2-3-9-19/h5-6,10,19H,3,7-9,11H2,1H3. The Labute approximate surface area is 117 Å². The third kappa shape index (κ3) is 3.28. The maximum absolute atomic E-state index is 13.3. The topological polar surface area (TPSA) is 43.8 Å². The van der Waals surface area contributed by atoms with E-state index in [2.05, 4.69) is 11.8 Å². The number of carbonyl (C=O) groups excluding carboxylic acids is 1. The van der Waals surface area contributed by atoms with Gasteiger partial charge in [0.1, 0.15) is 5.82 Å². The smallest absolute Gasteiger partial charge is 0.320 e. The molecular weight excluding hydrogens is 259 g/mol. The number of aliphatic hydroxyl groups excluding tert-OH is 1. The number of carbonyl (C=O) groups is 1. The normalized spacial score (nSPS) is 14.4. The molecule has 0 aromatic heterocycles. The molecule has 1 fully saturated rings. The van der Waals surface area contributed by atoms with Crippen LogP contribution in [0.1, 0.15) is 17.5 Å². The van der Waals surface area contributed by atoms with E-state index in [1.54, 1.807) is 22.9 Å². The van der Waals surface area contributed by atoms with Gasteiger partial charge in [-0.25, -0.2) is 9.18 Å². The molecular formula is C15H17FN2O2. The SMILES string of the molecule is CN1CCN(Cc2ccc(F)cc2C#CCCO)C1=O. The molecule has 1 N–H and O–H groups in total. The lowest BCUT2D eigenvalue weighted by Gasteiger charge is -2.17. The zero-order valence-corrected chi connectivity index (χ0v) is 11.4. The lowest BCUT2D eigenvalue weighted by molar-refractivity contribution is 0.197. The monoisotopic (exact) mass is 276 g/mol. The quantitative estimate of drug-likeness (QED) is 0.849. The van der Waals surface area contributed by atoms with E-state index in [1.807, 2.05) is 0 Å². The van der Waals surface area contributed by atoms with Crippen molar-refractivity contribution in [1.29, 1.82) is 0 Å². The Hall–Kier alpha value is -2.06. The molecule has 20 heavy (non-hydrogen) atoms. The summed E-state index contributed by atoms with van der Waals surface area (Å²) in [5.41, 5.74) is 1.39. The van der Waals surface area contributed by atoms with Gasteiger partial charge in [0.2, 0.25) is 0 Å². The van der Waals surface area contributed by atoms with E-state index in [1.165, 1.54) is 12.1 Å². The first-order chi connectivity index (χ1) is 9.61. The maximum Gasteiger partial charge on any atom is 0.320 e. The molecule has 0 saturated carbocycles. The molecule has 1 aliphatic heterocycles. The predicted molar refractivity (Wildman–Crippen MR) is 73.4 cm³/mol. The van der Waals surface area contributed by atoms with Gasteiger partial charge in [0.05, 0.1) is 6.61 Å². The van der Waals surface area contributed by atoms with E-state index < -0.39 is 0 Å². The molecule has 0 bridgehead atoms. The summed E-state index contributed by atoms with van der Waals surface area (Å²) in [5, 5.41) is 8.73. The molecule has 0 aliphatic carbocycles. The number of halogens is 1. The average molecular weight is 276 g/mol. The molecule has 0 radical (unpaired) electrons. The molecule has 1 aliphatic rings. The summed E-state index contributed by atoms with van der Waals surface area (Å²) in [5.74, 6) is 5.28. The highest BCUT2D eigenvalue weighted by molar-refractivity contribution is 5.76. The van der Waals surface area contributed by atoms with Gasteiger partial charge in [0, 0.05) is 38.7 Å². The molecule has 4 nitrogen and oxygen atoms in total. The first-order valence-corrected chi connectivity index (χ1v) is 6.50. The number of rotatable bonds is 3. The number of amides is 2. The minimum atomic E-state index is -0.355. The molecule has 5 heteroatoms. The van der Waals surface area contributed by atoms with Crippen LogP contribution in [0, 0.1) is 17.7 Å². The van der Waals surface area contributed by atoms with E-state index in [9.17, 15) is 9.18 Å². The summed E-state index contributed by atoms with van der Waals surface area (Å²) in [6.45, 7) is 1.77. The second-order valence-electron chi connectivity index (χ2n) is 4.70. The van der Waals surface area contributed by atoms with Gasteiger partial charge >= 0.3 is 6.03 Å². The van der Waals surface area contributed by atoms with Gasteiger partial charge in [-0.05, 0) is 17.7 Å². The Balaban J connectivity index is 2.19. The first kappa shape index (κ1) is 14.4. The van der Waals surface area contributed by atoms with Gasteiger partial charge in [-0.15, -0.1) is 0 Å². The van der Waals surface area contributed by atoms with Gasteiger partial charge in [0.25, 0.3) is 0 Å². The fourth-order valence-corrected chi connectivity index (χ4v) is 2.07. The van der Waals surface area contributed by atoms with Crippen LogP contribution in [0.15, 0.2) is 18.2 Å². The highest BCUT2D eigenvalue weighted by atomic mass is 19.1. The van der Waals surface area contributed by atoms with Crippen molar-refractivity contribution < 1.29 is 14.3 Å². The molecule has 1 heterocycles. The summed E-state index contributed by atoms with van der Waals surface area (Å²) in [6, 6.07) is 4.37. The van der Waals surface area contributed by atoms with Gasteiger partial charge < -0.3 is 14.9 Å². The van der Waals surface area contributed by atoms with Crippen molar-refractivity contribution in [2.45, 2.75) is 13.0 Å². The number of aliphatic hydroxyl groups is 1. The van der Waals surface area contributed by atoms with Crippen molar-refractivity contribution in [3.05, 3.63) is 35.1 Å². The number of urea groups is 1. The van der Waals surface area contributed by atoms with Crippen LogP contribution in [0.25, 0.3) is 0 Å². The summed E-state index contributed by atoms with van der Waals surface area (Å²) in [6.07, 6.45) is 0.349. The van der Waals surface area contributed by atoms with E-state index in [0.717, 1.165) is 5.56 Å². The van der Waals surface area contributed by atoms with Crippen molar-refractivity contribution in [3.63, 3.8) is 0 Å². The Kier molecular flexibility index (Phi) is 4.59. The number of hydrogen-bond donors (Lipinski definition) is 1. The molecule has 2 rings (SSSR count). The van der Waals surface area contributed by atoms with Gasteiger partial charge in [0.15, 0.2) is 0 Å². The fourth-order valence-electron chi connectivity index (χ4n) is 2.07. The second-order valence-corrected chi connectivity index (χ2v) is 4.70. The van der Waals surface area contributed by atoms with Crippen molar-refractivity contribution in [1.82, 2.24) is 9.80 Å². The van der Waals surface area contributed by atoms with E-state index in [0.29, 0.717) is 31.6 Å². The molecule has 0 spiro atoms. The van der Waals surface area contributed by atoms with Gasteiger partial charge in [-0.3, -0.25) is 0 Å². The molecule has 0 unspecified atom stereocenters. The zero-order valence-electron chi connectivity index (χ0n) is 11.4. The predicted octanol–water partition coefficient (Wildman–Crippen LogP) is 1.43. The summed E-state index contributed by atoms with van der Waals surface area (Å²) < 4.78 is 13.3. The Morgan fingerprint density at radius 1 is 1.40 bits per heavy atom. The lowest BCUT2D eigenvalue weighted by Crippen LogP contribution is -2.29. The van der Waals surface area contributed by atoms with E-state index in [-0.39, 0.29) is 18.5 Å². The van der Waals surface area contributed by atoms with Crippen LogP contribution in [-0.2, 0) is 6.54 Å². The van der Waals surface area contributed by atoms with Crippen LogP contribution >= 0.6 is 0 Å². The van der Waals surface area contributed by atoms with Crippen LogP contribution in [0.4, 0.5) is 9.18 Å². The van der Waals surface area contributed by atoms with Gasteiger partial charge in [-0.2, -0.15) is 0 Å².